The Hall–Kier alpha value is -0.690. The highest BCUT2D eigenvalue weighted by Gasteiger charge is 2.72. The molecule has 2 bridgehead atoms. The smallest absolute Gasteiger partial charge is 0.314 e. The molecule has 5 aliphatic heterocycles. The number of ether oxygens (including phenoxy) is 3. The molecule has 0 aromatic rings. The van der Waals surface area contributed by atoms with Gasteiger partial charge in [0.05, 0.1) is 18.6 Å². The summed E-state index contributed by atoms with van der Waals surface area (Å²) in [5.41, 5.74) is -0.668. The van der Waals surface area contributed by atoms with Crippen LogP contribution in [-0.2, 0) is 28.8 Å². The molecule has 6 fully saturated rings. The number of carbonyl (C=O) groups excluding carboxylic acids is 1. The molecule has 6 nitrogen and oxygen atoms in total. The molecule has 6 heteroatoms. The third-order valence-corrected chi connectivity index (χ3v) is 6.46. The van der Waals surface area contributed by atoms with Gasteiger partial charge < -0.3 is 14.2 Å². The van der Waals surface area contributed by atoms with Crippen LogP contribution < -0.4 is 0 Å². The van der Waals surface area contributed by atoms with Gasteiger partial charge in [-0.15, -0.1) is 0 Å². The summed E-state index contributed by atoms with van der Waals surface area (Å²) in [5.74, 6) is -0.424. The summed E-state index contributed by atoms with van der Waals surface area (Å²) >= 11 is 0. The molecule has 0 radical (unpaired) electrons. The van der Waals surface area contributed by atoms with Crippen molar-refractivity contribution in [2.45, 2.75) is 63.3 Å². The average Bonchev–Trinajstić information content (AvgIpc) is 3.30. The van der Waals surface area contributed by atoms with E-state index in [4.69, 9.17) is 24.0 Å². The van der Waals surface area contributed by atoms with E-state index in [1.165, 1.54) is 0 Å². The molecule has 8 atom stereocenters. The van der Waals surface area contributed by atoms with Crippen LogP contribution in [-0.4, -0.2) is 36.4 Å². The Morgan fingerprint density at radius 2 is 1.95 bits per heavy atom. The van der Waals surface area contributed by atoms with Crippen molar-refractivity contribution in [2.24, 2.45) is 23.7 Å². The number of hydrogen-bond acceptors (Lipinski definition) is 6. The molecule has 5 heterocycles. The molecule has 0 aromatic carbocycles. The van der Waals surface area contributed by atoms with E-state index in [0.717, 1.165) is 25.7 Å². The van der Waals surface area contributed by atoms with Gasteiger partial charge in [0.15, 0.2) is 5.60 Å². The van der Waals surface area contributed by atoms with Gasteiger partial charge in [0.25, 0.3) is 0 Å². The monoisotopic (exact) mass is 310 g/mol. The van der Waals surface area contributed by atoms with Crippen LogP contribution in [0.1, 0.15) is 39.5 Å². The highest BCUT2D eigenvalue weighted by molar-refractivity contribution is 5.75. The number of esters is 1. The fourth-order valence-electron chi connectivity index (χ4n) is 5.23. The molecule has 1 spiro atoms. The van der Waals surface area contributed by atoms with E-state index >= 15 is 0 Å². The first-order valence-corrected chi connectivity index (χ1v) is 8.40. The van der Waals surface area contributed by atoms with Gasteiger partial charge in [-0.05, 0) is 32.1 Å². The molecule has 0 aromatic heterocycles. The van der Waals surface area contributed by atoms with E-state index in [9.17, 15) is 4.79 Å². The predicted molar refractivity (Wildman–Crippen MR) is 72.1 cm³/mol. The Balaban J connectivity index is 1.63. The first kappa shape index (κ1) is 13.7. The van der Waals surface area contributed by atoms with Gasteiger partial charge in [0, 0.05) is 18.3 Å². The van der Waals surface area contributed by atoms with Crippen molar-refractivity contribution >= 4 is 5.97 Å². The Kier molecular flexibility index (Phi) is 2.64. The summed E-state index contributed by atoms with van der Waals surface area (Å²) in [6, 6.07) is 0. The van der Waals surface area contributed by atoms with Crippen molar-refractivity contribution in [1.82, 2.24) is 0 Å². The minimum absolute atomic E-state index is 0.0259. The first-order valence-electron chi connectivity index (χ1n) is 8.40. The second kappa shape index (κ2) is 4.23. The topological polar surface area (TPSA) is 66.5 Å². The highest BCUT2D eigenvalue weighted by Crippen LogP contribution is 2.60. The normalized spacial score (nSPS) is 59.5. The fourth-order valence-corrected chi connectivity index (χ4v) is 5.23. The summed E-state index contributed by atoms with van der Waals surface area (Å²) < 4.78 is 17.2. The third kappa shape index (κ3) is 1.62. The summed E-state index contributed by atoms with van der Waals surface area (Å²) in [4.78, 5) is 24.2. The molecular formula is C16H22O6. The minimum atomic E-state index is -0.819. The zero-order valence-electron chi connectivity index (χ0n) is 12.9. The van der Waals surface area contributed by atoms with Crippen molar-refractivity contribution in [3.05, 3.63) is 0 Å². The molecule has 1 saturated carbocycles. The maximum atomic E-state index is 12.5. The van der Waals surface area contributed by atoms with Crippen molar-refractivity contribution < 1.29 is 28.8 Å². The zero-order valence-corrected chi connectivity index (χ0v) is 12.9. The van der Waals surface area contributed by atoms with Gasteiger partial charge in [0.2, 0.25) is 12.1 Å². The lowest BCUT2D eigenvalue weighted by atomic mass is 9.57. The largest absolute Gasteiger partial charge is 0.432 e. The van der Waals surface area contributed by atoms with Gasteiger partial charge in [-0.3, -0.25) is 4.79 Å². The van der Waals surface area contributed by atoms with Gasteiger partial charge in [0.1, 0.15) is 0 Å². The van der Waals surface area contributed by atoms with Crippen molar-refractivity contribution in [3.63, 3.8) is 0 Å². The summed E-state index contributed by atoms with van der Waals surface area (Å²) in [6.45, 7) is 4.76. The van der Waals surface area contributed by atoms with Crippen molar-refractivity contribution in [2.75, 3.05) is 6.61 Å². The number of fused-ring (bicyclic) bond motifs is 2. The molecular weight excluding hydrogens is 288 g/mol. The highest BCUT2D eigenvalue weighted by atomic mass is 17.3. The molecule has 122 valence electrons. The number of hydrogen-bond donors (Lipinski definition) is 0. The SMILES string of the molecule is C[C@@H]1CC[C@H]2[C@@H](C3CO3)C(=O)O[C@@H]3O[C@@]4(C)CC[C@@H]1[C@]32OO4. The van der Waals surface area contributed by atoms with Gasteiger partial charge in [-0.2, -0.15) is 0 Å². The van der Waals surface area contributed by atoms with Crippen LogP contribution in [0.3, 0.4) is 0 Å². The molecule has 1 unspecified atom stereocenters. The average molecular weight is 310 g/mol. The van der Waals surface area contributed by atoms with E-state index in [1.54, 1.807) is 0 Å². The number of rotatable bonds is 1. The predicted octanol–water partition coefficient (Wildman–Crippen LogP) is 1.77. The van der Waals surface area contributed by atoms with E-state index in [1.807, 2.05) is 6.92 Å². The Bertz CT molecular complexity index is 519. The first-order chi connectivity index (χ1) is 10.5. The van der Waals surface area contributed by atoms with E-state index in [-0.39, 0.29) is 29.8 Å². The van der Waals surface area contributed by atoms with Gasteiger partial charge in [-0.25, -0.2) is 9.78 Å². The Morgan fingerprint density at radius 3 is 2.73 bits per heavy atom. The van der Waals surface area contributed by atoms with Crippen LogP contribution in [0.4, 0.5) is 0 Å². The molecule has 6 rings (SSSR count). The van der Waals surface area contributed by atoms with E-state index < -0.39 is 17.7 Å². The zero-order chi connectivity index (χ0) is 15.1. The minimum Gasteiger partial charge on any atom is -0.432 e. The van der Waals surface area contributed by atoms with Crippen LogP contribution in [0.15, 0.2) is 0 Å². The lowest BCUT2D eigenvalue weighted by Crippen LogP contribution is -2.70. The van der Waals surface area contributed by atoms with Crippen LogP contribution >= 0.6 is 0 Å². The second-order valence-electron chi connectivity index (χ2n) is 7.74. The lowest BCUT2D eigenvalue weighted by molar-refractivity contribution is -0.559. The summed E-state index contributed by atoms with van der Waals surface area (Å²) in [5, 5.41) is 0. The molecule has 0 amide bonds. The third-order valence-electron chi connectivity index (χ3n) is 6.46. The maximum Gasteiger partial charge on any atom is 0.314 e. The molecule has 1 aliphatic carbocycles. The van der Waals surface area contributed by atoms with Crippen LogP contribution in [0.2, 0.25) is 0 Å². The quantitative estimate of drug-likeness (QED) is 0.418. The number of epoxide rings is 1. The Labute approximate surface area is 129 Å². The second-order valence-corrected chi connectivity index (χ2v) is 7.74. The Morgan fingerprint density at radius 1 is 1.14 bits per heavy atom. The van der Waals surface area contributed by atoms with Gasteiger partial charge >= 0.3 is 5.97 Å². The lowest BCUT2D eigenvalue weighted by Gasteiger charge is -2.58. The van der Waals surface area contributed by atoms with Crippen molar-refractivity contribution in [1.29, 1.82) is 0 Å². The van der Waals surface area contributed by atoms with Crippen LogP contribution in [0.5, 0.6) is 0 Å². The molecule has 5 saturated heterocycles. The summed E-state index contributed by atoms with van der Waals surface area (Å²) in [6.07, 6.45) is 3.07. The fraction of sp³-hybridized carbons (Fsp3) is 0.938. The molecule has 0 N–H and O–H groups in total. The number of carbonyl (C=O) groups is 1. The standard InChI is InChI=1S/C16H22O6/c1-8-3-4-10-12(11-7-18-11)13(17)19-14-16(10)9(8)5-6-15(2,20-14)21-22-16/h8-12,14H,3-7H2,1-2H3/t8-,9+,10+,11?,12+,14-,15-,16-/m1/s1. The van der Waals surface area contributed by atoms with Crippen LogP contribution in [0.25, 0.3) is 0 Å². The molecule has 6 aliphatic rings. The molecule has 22 heavy (non-hydrogen) atoms. The summed E-state index contributed by atoms with van der Waals surface area (Å²) in [7, 11) is 0. The van der Waals surface area contributed by atoms with Gasteiger partial charge in [-0.1, -0.05) is 6.92 Å². The van der Waals surface area contributed by atoms with E-state index in [2.05, 4.69) is 6.92 Å². The van der Waals surface area contributed by atoms with Crippen molar-refractivity contribution in [3.8, 4) is 0 Å². The van der Waals surface area contributed by atoms with Crippen LogP contribution in [0, 0.1) is 23.7 Å². The van der Waals surface area contributed by atoms with E-state index in [0.29, 0.717) is 12.5 Å². The maximum absolute atomic E-state index is 12.5.